The lowest BCUT2D eigenvalue weighted by Crippen LogP contribution is -2.55. The third-order valence-corrected chi connectivity index (χ3v) is 13.3. The Morgan fingerprint density at radius 1 is 1.02 bits per heavy atom. The fraction of sp³-hybridized carbons (Fsp3) is 0.421. The van der Waals surface area contributed by atoms with Crippen molar-refractivity contribution in [2.75, 3.05) is 26.7 Å². The molecule has 270 valence electrons. The van der Waals surface area contributed by atoms with Gasteiger partial charge in [0.15, 0.2) is 0 Å². The van der Waals surface area contributed by atoms with Gasteiger partial charge in [-0.05, 0) is 91.7 Å². The molecule has 0 saturated heterocycles. The smallest absolute Gasteiger partial charge is 0.349 e. The predicted molar refractivity (Wildman–Crippen MR) is 201 cm³/mol. The van der Waals surface area contributed by atoms with Gasteiger partial charge in [0.25, 0.3) is 0 Å². The summed E-state index contributed by atoms with van der Waals surface area (Å²) in [6, 6.07) is 18.8. The number of aliphatic hydroxyl groups excluding tert-OH is 1. The van der Waals surface area contributed by atoms with Gasteiger partial charge in [-0.1, -0.05) is 41.7 Å². The van der Waals surface area contributed by atoms with Crippen molar-refractivity contribution >= 4 is 50.2 Å². The Balaban J connectivity index is 0.835. The number of nitrogens with zero attached hydrogens (tertiary/aromatic N) is 1. The number of aromatic nitrogens is 1. The Kier molecular flexibility index (Phi) is 10.9. The van der Waals surface area contributed by atoms with Gasteiger partial charge in [-0.15, -0.1) is 22.7 Å². The lowest BCUT2D eigenvalue weighted by Gasteiger charge is -2.52. The lowest BCUT2D eigenvalue weighted by molar-refractivity contribution is -0.180. The van der Waals surface area contributed by atoms with Crippen molar-refractivity contribution in [3.8, 4) is 11.5 Å². The first kappa shape index (κ1) is 35.8. The summed E-state index contributed by atoms with van der Waals surface area (Å²) in [5, 5.41) is 39.4. The van der Waals surface area contributed by atoms with E-state index >= 15 is 0 Å². The molecule has 5 aromatic rings. The Morgan fingerprint density at radius 3 is 2.41 bits per heavy atom. The number of carbonyl (C=O) groups excluding carboxylic acids is 1. The van der Waals surface area contributed by atoms with Gasteiger partial charge in [0.1, 0.15) is 23.1 Å². The van der Waals surface area contributed by atoms with Crippen LogP contribution < -0.4 is 14.9 Å². The molecule has 3 aromatic heterocycles. The molecule has 0 amide bonds. The fourth-order valence-electron chi connectivity index (χ4n) is 7.60. The van der Waals surface area contributed by atoms with E-state index < -0.39 is 17.7 Å². The van der Waals surface area contributed by atoms with Crippen LogP contribution >= 0.6 is 34.0 Å². The zero-order valence-corrected chi connectivity index (χ0v) is 30.8. The normalized spacial score (nSPS) is 20.9. The van der Waals surface area contributed by atoms with Crippen LogP contribution in [0.25, 0.3) is 10.2 Å². The van der Waals surface area contributed by atoms with Gasteiger partial charge in [0.05, 0.1) is 27.2 Å². The number of hydrogen-bond acceptors (Lipinski definition) is 12. The third-order valence-electron chi connectivity index (χ3n) is 10.4. The minimum atomic E-state index is -1.77. The van der Waals surface area contributed by atoms with Gasteiger partial charge in [0, 0.05) is 37.2 Å². The Hall–Kier alpha value is -3.56. The highest BCUT2D eigenvalue weighted by Gasteiger charge is 2.51. The standard InChI is InChI=1S/C38H43N3O7S3/c1-41(28-14-16-31(26-12-11-25(26)28)48-36(44)38(46,32-5-2-19-49-32)33-6-3-20-50-33)17-4-18-47-24-9-7-23(8-10-24)21-39-22-30(43)27-13-15-29(42)34-35(27)51-37(45)40-34/h2-3,5-10,13,15,19-20,25-26,28,30-31,39,42-43,46H,4,11-12,14,16-18,21-22H2,1H3,(H,40,45)/t25?,26?,28?,30-,31?/m0/s1. The number of aliphatic hydroxyl groups is 2. The maximum atomic E-state index is 13.6. The molecule has 0 bridgehead atoms. The van der Waals surface area contributed by atoms with Gasteiger partial charge in [-0.3, -0.25) is 4.79 Å². The number of H-pyrrole nitrogens is 1. The number of rotatable bonds is 15. The van der Waals surface area contributed by atoms with E-state index in [-0.39, 0.29) is 16.7 Å². The van der Waals surface area contributed by atoms with E-state index in [0.29, 0.717) is 63.1 Å². The van der Waals surface area contributed by atoms with Crippen molar-refractivity contribution in [1.29, 1.82) is 0 Å². The molecular weight excluding hydrogens is 707 g/mol. The monoisotopic (exact) mass is 749 g/mol. The first-order valence-corrected chi connectivity index (χ1v) is 20.0. The molecule has 51 heavy (non-hydrogen) atoms. The summed E-state index contributed by atoms with van der Waals surface area (Å²) in [6.45, 7) is 2.36. The maximum Gasteiger partial charge on any atom is 0.349 e. The van der Waals surface area contributed by atoms with Crippen LogP contribution in [0.4, 0.5) is 0 Å². The first-order chi connectivity index (χ1) is 24.7. The number of benzene rings is 2. The van der Waals surface area contributed by atoms with E-state index in [1.807, 2.05) is 47.2 Å². The van der Waals surface area contributed by atoms with Crippen LogP contribution in [-0.4, -0.2) is 70.1 Å². The van der Waals surface area contributed by atoms with Gasteiger partial charge in [0.2, 0.25) is 5.60 Å². The Labute approximate surface area is 308 Å². The number of phenols is 1. The number of fused-ring (bicyclic) bond motifs is 2. The summed E-state index contributed by atoms with van der Waals surface area (Å²) in [5.74, 6) is 1.02. The van der Waals surface area contributed by atoms with Crippen molar-refractivity contribution in [1.82, 2.24) is 15.2 Å². The molecule has 2 aliphatic carbocycles. The maximum absolute atomic E-state index is 13.6. The second-order valence-electron chi connectivity index (χ2n) is 13.5. The van der Waals surface area contributed by atoms with Crippen molar-refractivity contribution < 1.29 is 29.6 Å². The van der Waals surface area contributed by atoms with Crippen LogP contribution in [0.5, 0.6) is 11.5 Å². The van der Waals surface area contributed by atoms with E-state index in [1.165, 1.54) is 28.7 Å². The van der Waals surface area contributed by atoms with Crippen LogP contribution in [0.3, 0.4) is 0 Å². The summed E-state index contributed by atoms with van der Waals surface area (Å²) < 4.78 is 12.8. The van der Waals surface area contributed by atoms with Gasteiger partial charge >= 0.3 is 10.8 Å². The number of ether oxygens (including phenoxy) is 2. The zero-order valence-electron chi connectivity index (χ0n) is 28.3. The van der Waals surface area contributed by atoms with Crippen molar-refractivity contribution in [3.63, 3.8) is 0 Å². The molecule has 4 unspecified atom stereocenters. The molecule has 13 heteroatoms. The number of nitrogens with one attached hydrogen (secondary N) is 2. The summed E-state index contributed by atoms with van der Waals surface area (Å²) in [4.78, 5) is 31.3. The number of carbonyl (C=O) groups is 1. The molecule has 0 spiro atoms. The molecule has 2 aromatic carbocycles. The van der Waals surface area contributed by atoms with E-state index in [0.717, 1.165) is 61.3 Å². The van der Waals surface area contributed by atoms with Gasteiger partial charge in [-0.2, -0.15) is 0 Å². The molecule has 3 heterocycles. The number of hydrogen-bond donors (Lipinski definition) is 5. The Morgan fingerprint density at radius 2 is 1.75 bits per heavy atom. The number of esters is 1. The third kappa shape index (κ3) is 7.52. The molecule has 2 saturated carbocycles. The number of phenolic OH excluding ortho intramolecular Hbond substituents is 1. The quantitative estimate of drug-likeness (QED) is 0.0646. The highest BCUT2D eigenvalue weighted by molar-refractivity contribution is 7.16. The average Bonchev–Trinajstić information content (AvgIpc) is 3.91. The van der Waals surface area contributed by atoms with Gasteiger partial charge < -0.3 is 40.0 Å². The molecule has 0 radical (unpaired) electrons. The van der Waals surface area contributed by atoms with Crippen LogP contribution in [-0.2, 0) is 21.7 Å². The van der Waals surface area contributed by atoms with E-state index in [1.54, 1.807) is 18.2 Å². The first-order valence-electron chi connectivity index (χ1n) is 17.4. The van der Waals surface area contributed by atoms with Crippen LogP contribution in [0.15, 0.2) is 76.2 Å². The fourth-order valence-corrected chi connectivity index (χ4v) is 10.2. The summed E-state index contributed by atoms with van der Waals surface area (Å²) >= 11 is 3.71. The predicted octanol–water partition coefficient (Wildman–Crippen LogP) is 5.98. The molecule has 10 nitrogen and oxygen atoms in total. The zero-order chi connectivity index (χ0) is 35.5. The lowest BCUT2D eigenvalue weighted by atomic mass is 9.61. The number of thiophene rings is 2. The molecule has 2 fully saturated rings. The number of aromatic amines is 1. The molecule has 0 aliphatic heterocycles. The van der Waals surface area contributed by atoms with Crippen LogP contribution in [0.1, 0.15) is 59.1 Å². The minimum absolute atomic E-state index is 0.0105. The minimum Gasteiger partial charge on any atom is -0.506 e. The highest BCUT2D eigenvalue weighted by Crippen LogP contribution is 2.49. The van der Waals surface area contributed by atoms with Crippen LogP contribution in [0, 0.1) is 11.8 Å². The van der Waals surface area contributed by atoms with Crippen molar-refractivity contribution in [2.45, 2.75) is 62.5 Å². The summed E-state index contributed by atoms with van der Waals surface area (Å²) in [6.07, 6.45) is 3.79. The second kappa shape index (κ2) is 15.6. The summed E-state index contributed by atoms with van der Waals surface area (Å²) in [7, 11) is 2.18. The SMILES string of the molecule is CN(CCCOc1ccc(CNC[C@H](O)c2ccc(O)c3[nH]c(=O)sc23)cc1)C1CCC(OC(=O)C(O)(c2cccs2)c2cccs2)C2CCC21. The topological polar surface area (TPSA) is 144 Å². The average molecular weight is 750 g/mol. The van der Waals surface area contributed by atoms with Crippen molar-refractivity contribution in [2.24, 2.45) is 11.8 Å². The van der Waals surface area contributed by atoms with Crippen molar-refractivity contribution in [3.05, 3.63) is 102 Å². The van der Waals surface area contributed by atoms with Gasteiger partial charge in [-0.25, -0.2) is 4.79 Å². The summed E-state index contributed by atoms with van der Waals surface area (Å²) in [5.41, 5.74) is 0.236. The molecule has 2 aliphatic rings. The largest absolute Gasteiger partial charge is 0.506 e. The van der Waals surface area contributed by atoms with E-state index in [2.05, 4.69) is 22.2 Å². The molecule has 5 N–H and O–H groups in total. The van der Waals surface area contributed by atoms with E-state index in [9.17, 15) is 24.9 Å². The highest BCUT2D eigenvalue weighted by atomic mass is 32.1. The number of aromatic hydroxyl groups is 1. The molecule has 7 rings (SSSR count). The Bertz CT molecular complexity index is 1920. The van der Waals surface area contributed by atoms with E-state index in [4.69, 9.17) is 9.47 Å². The molecule has 5 atom stereocenters. The molecular formula is C38H43N3O7S3. The number of thiazole rings is 1. The van der Waals surface area contributed by atoms with Crippen LogP contribution in [0.2, 0.25) is 0 Å². The second-order valence-corrected chi connectivity index (χ2v) is 16.4.